The summed E-state index contributed by atoms with van der Waals surface area (Å²) >= 11 is 0. The minimum Gasteiger partial charge on any atom is -0.350 e. The van der Waals surface area contributed by atoms with Crippen LogP contribution in [0.4, 0.5) is 0 Å². The van der Waals surface area contributed by atoms with Crippen LogP contribution in [0.3, 0.4) is 0 Å². The monoisotopic (exact) mass is 337 g/mol. The van der Waals surface area contributed by atoms with Crippen molar-refractivity contribution in [1.82, 2.24) is 15.1 Å². The second-order valence-corrected chi connectivity index (χ2v) is 5.89. The van der Waals surface area contributed by atoms with E-state index in [9.17, 15) is 14.4 Å². The van der Waals surface area contributed by atoms with Crippen LogP contribution in [-0.2, 0) is 11.3 Å². The van der Waals surface area contributed by atoms with Crippen LogP contribution >= 0.6 is 0 Å². The van der Waals surface area contributed by atoms with Gasteiger partial charge in [0, 0.05) is 6.42 Å². The maximum atomic E-state index is 12.4. The molecule has 2 aromatic carbocycles. The molecule has 1 heterocycles. The van der Waals surface area contributed by atoms with Crippen LogP contribution in [0.2, 0.25) is 0 Å². The lowest BCUT2D eigenvalue weighted by molar-refractivity contribution is -0.122. The highest BCUT2D eigenvalue weighted by atomic mass is 16.2. The van der Waals surface area contributed by atoms with E-state index in [1.54, 1.807) is 24.3 Å². The number of benzene rings is 2. The van der Waals surface area contributed by atoms with Gasteiger partial charge in [0.25, 0.3) is 11.1 Å². The number of nitrogens with one attached hydrogen (secondary N) is 2. The zero-order valence-electron chi connectivity index (χ0n) is 13.9. The predicted octanol–water partition coefficient (Wildman–Crippen LogP) is 1.96. The Bertz CT molecular complexity index is 1010. The van der Waals surface area contributed by atoms with Crippen molar-refractivity contribution in [2.75, 3.05) is 0 Å². The summed E-state index contributed by atoms with van der Waals surface area (Å²) in [5, 5.41) is 6.12. The fraction of sp³-hybridized carbons (Fsp3) is 0.211. The largest absolute Gasteiger partial charge is 0.350 e. The Kier molecular flexibility index (Phi) is 4.79. The molecule has 2 N–H and O–H groups in total. The Labute approximate surface area is 144 Å². The predicted molar refractivity (Wildman–Crippen MR) is 96.4 cm³/mol. The first kappa shape index (κ1) is 16.7. The van der Waals surface area contributed by atoms with E-state index in [2.05, 4.69) is 10.4 Å². The maximum Gasteiger partial charge on any atom is 0.273 e. The molecule has 0 saturated heterocycles. The number of aromatic amines is 1. The van der Waals surface area contributed by atoms with Gasteiger partial charge in [0.15, 0.2) is 0 Å². The smallest absolute Gasteiger partial charge is 0.273 e. The van der Waals surface area contributed by atoms with Gasteiger partial charge in [-0.15, -0.1) is 0 Å². The first-order valence-corrected chi connectivity index (χ1v) is 8.12. The van der Waals surface area contributed by atoms with Crippen molar-refractivity contribution in [2.45, 2.75) is 25.9 Å². The second kappa shape index (κ2) is 7.17. The summed E-state index contributed by atoms with van der Waals surface area (Å²) in [6, 6.07) is 16.1. The van der Waals surface area contributed by atoms with Gasteiger partial charge in [0.05, 0.1) is 23.4 Å². The average Bonchev–Trinajstić information content (AvgIpc) is 2.64. The van der Waals surface area contributed by atoms with Crippen molar-refractivity contribution >= 4 is 16.7 Å². The van der Waals surface area contributed by atoms with E-state index in [1.807, 2.05) is 37.3 Å². The normalized spacial score (nSPS) is 12.0. The topological polar surface area (TPSA) is 84.0 Å². The van der Waals surface area contributed by atoms with Gasteiger partial charge in [-0.05, 0) is 24.6 Å². The number of carbonyl (C=O) groups excluding carboxylic acids is 1. The number of hydrogen-bond acceptors (Lipinski definition) is 3. The van der Waals surface area contributed by atoms with Crippen molar-refractivity contribution in [1.29, 1.82) is 0 Å². The minimum absolute atomic E-state index is 0.103. The third-order valence-corrected chi connectivity index (χ3v) is 4.12. The number of fused-ring (bicyclic) bond motifs is 1. The molecule has 1 aromatic heterocycles. The highest BCUT2D eigenvalue weighted by Crippen LogP contribution is 2.11. The summed E-state index contributed by atoms with van der Waals surface area (Å²) in [6.07, 6.45) is 0.103. The molecule has 3 aromatic rings. The molecule has 0 aliphatic carbocycles. The average molecular weight is 337 g/mol. The number of carbonyl (C=O) groups is 1. The van der Waals surface area contributed by atoms with Crippen LogP contribution < -0.4 is 16.4 Å². The summed E-state index contributed by atoms with van der Waals surface area (Å²) in [5.41, 5.74) is 0.361. The van der Waals surface area contributed by atoms with Crippen molar-refractivity contribution in [2.24, 2.45) is 0 Å². The van der Waals surface area contributed by atoms with E-state index in [-0.39, 0.29) is 36.0 Å². The van der Waals surface area contributed by atoms with Gasteiger partial charge < -0.3 is 5.32 Å². The number of hydrogen-bond donors (Lipinski definition) is 2. The van der Waals surface area contributed by atoms with E-state index >= 15 is 0 Å². The van der Waals surface area contributed by atoms with Crippen LogP contribution in [0.1, 0.15) is 24.9 Å². The highest BCUT2D eigenvalue weighted by molar-refractivity contribution is 5.80. The number of aryl methyl sites for hydroxylation is 1. The van der Waals surface area contributed by atoms with Crippen LogP contribution in [0.15, 0.2) is 64.2 Å². The zero-order chi connectivity index (χ0) is 17.8. The van der Waals surface area contributed by atoms with Crippen LogP contribution in [0.25, 0.3) is 10.8 Å². The van der Waals surface area contributed by atoms with Crippen molar-refractivity contribution in [3.05, 3.63) is 80.9 Å². The zero-order valence-corrected chi connectivity index (χ0v) is 13.9. The molecule has 0 aliphatic rings. The van der Waals surface area contributed by atoms with Crippen LogP contribution in [-0.4, -0.2) is 15.7 Å². The first-order valence-electron chi connectivity index (χ1n) is 8.12. The third-order valence-electron chi connectivity index (χ3n) is 4.12. The molecular weight excluding hydrogens is 318 g/mol. The number of amides is 1. The van der Waals surface area contributed by atoms with Crippen molar-refractivity contribution in [3.8, 4) is 0 Å². The molecule has 0 fully saturated rings. The lowest BCUT2D eigenvalue weighted by atomic mass is 10.1. The van der Waals surface area contributed by atoms with Gasteiger partial charge >= 0.3 is 0 Å². The summed E-state index contributed by atoms with van der Waals surface area (Å²) in [7, 11) is 0. The minimum atomic E-state index is -0.340. The Morgan fingerprint density at radius 3 is 2.40 bits per heavy atom. The SMILES string of the molecule is C[C@H](NC(=O)CCn1[nH]c(=O)c2ccccc2c1=O)c1ccccc1. The number of nitrogens with zero attached hydrogens (tertiary/aromatic N) is 1. The van der Waals surface area contributed by atoms with Gasteiger partial charge in [-0.25, -0.2) is 4.68 Å². The molecule has 0 radical (unpaired) electrons. The van der Waals surface area contributed by atoms with E-state index < -0.39 is 0 Å². The number of rotatable bonds is 5. The van der Waals surface area contributed by atoms with E-state index in [0.717, 1.165) is 5.56 Å². The van der Waals surface area contributed by atoms with Crippen molar-refractivity contribution in [3.63, 3.8) is 0 Å². The molecule has 128 valence electrons. The van der Waals surface area contributed by atoms with E-state index in [1.165, 1.54) is 4.68 Å². The third kappa shape index (κ3) is 3.68. The molecule has 1 atom stereocenters. The molecule has 25 heavy (non-hydrogen) atoms. The fourth-order valence-electron chi connectivity index (χ4n) is 2.76. The Balaban J connectivity index is 1.70. The maximum absolute atomic E-state index is 12.4. The first-order chi connectivity index (χ1) is 12.1. The quantitative estimate of drug-likeness (QED) is 0.746. The van der Waals surface area contributed by atoms with Gasteiger partial charge in [-0.2, -0.15) is 0 Å². The van der Waals surface area contributed by atoms with Gasteiger partial charge in [0.1, 0.15) is 0 Å². The Hall–Kier alpha value is -3.15. The standard InChI is InChI=1S/C19H19N3O3/c1-13(14-7-3-2-4-8-14)20-17(23)11-12-22-19(25)16-10-6-5-9-15(16)18(24)21-22/h2-10,13H,11-12H2,1H3,(H,20,23)(H,21,24)/t13-/m0/s1. The molecule has 6 heteroatoms. The molecule has 3 rings (SSSR count). The molecule has 0 spiro atoms. The molecule has 0 bridgehead atoms. The van der Waals surface area contributed by atoms with Gasteiger partial charge in [-0.1, -0.05) is 42.5 Å². The summed E-state index contributed by atoms with van der Waals surface area (Å²) in [5.74, 6) is -0.183. The molecule has 6 nitrogen and oxygen atoms in total. The lowest BCUT2D eigenvalue weighted by Crippen LogP contribution is -2.33. The van der Waals surface area contributed by atoms with E-state index in [4.69, 9.17) is 0 Å². The van der Waals surface area contributed by atoms with Gasteiger partial charge in [-0.3, -0.25) is 19.5 Å². The molecule has 0 unspecified atom stereocenters. The summed E-state index contributed by atoms with van der Waals surface area (Å²) in [6.45, 7) is 2.02. The molecule has 0 saturated carbocycles. The Morgan fingerprint density at radius 2 is 1.68 bits per heavy atom. The van der Waals surface area contributed by atoms with Gasteiger partial charge in [0.2, 0.25) is 5.91 Å². The molecular formula is C19H19N3O3. The van der Waals surface area contributed by atoms with Crippen LogP contribution in [0, 0.1) is 0 Å². The van der Waals surface area contributed by atoms with E-state index in [0.29, 0.717) is 10.8 Å². The molecule has 0 aliphatic heterocycles. The fourth-order valence-corrected chi connectivity index (χ4v) is 2.76. The molecule has 1 amide bonds. The van der Waals surface area contributed by atoms with Crippen molar-refractivity contribution < 1.29 is 4.79 Å². The van der Waals surface area contributed by atoms with Crippen LogP contribution in [0.5, 0.6) is 0 Å². The second-order valence-electron chi connectivity index (χ2n) is 5.89. The highest BCUT2D eigenvalue weighted by Gasteiger charge is 2.11. The Morgan fingerprint density at radius 1 is 1.04 bits per heavy atom. The number of H-pyrrole nitrogens is 1. The lowest BCUT2D eigenvalue weighted by Gasteiger charge is -2.14. The summed E-state index contributed by atoms with van der Waals surface area (Å²) in [4.78, 5) is 36.6. The number of aromatic nitrogens is 2. The summed E-state index contributed by atoms with van der Waals surface area (Å²) < 4.78 is 1.19.